The van der Waals surface area contributed by atoms with Gasteiger partial charge in [-0.1, -0.05) is 22.0 Å². The molecule has 0 aliphatic heterocycles. The summed E-state index contributed by atoms with van der Waals surface area (Å²) in [5.41, 5.74) is 7.75. The van der Waals surface area contributed by atoms with Crippen LogP contribution in [0.3, 0.4) is 0 Å². The van der Waals surface area contributed by atoms with Crippen molar-refractivity contribution in [3.63, 3.8) is 0 Å². The molecule has 2 N–H and O–H groups in total. The van der Waals surface area contributed by atoms with Gasteiger partial charge in [0, 0.05) is 16.7 Å². The second kappa shape index (κ2) is 3.46. The zero-order valence-corrected chi connectivity index (χ0v) is 9.32. The number of nitrogens with two attached hydrogens (primary N) is 1. The third-order valence-electron chi connectivity index (χ3n) is 2.10. The first-order chi connectivity index (χ1) is 6.68. The van der Waals surface area contributed by atoms with E-state index in [9.17, 15) is 0 Å². The van der Waals surface area contributed by atoms with Crippen LogP contribution in [0.2, 0.25) is 0 Å². The van der Waals surface area contributed by atoms with Gasteiger partial charge in [-0.2, -0.15) is 5.10 Å². The van der Waals surface area contributed by atoms with Crippen molar-refractivity contribution in [2.45, 2.75) is 6.92 Å². The Hall–Kier alpha value is -1.29. The molecule has 0 bridgehead atoms. The van der Waals surface area contributed by atoms with Crippen molar-refractivity contribution in [3.05, 3.63) is 40.5 Å². The Bertz CT molecular complexity index is 462. The Morgan fingerprint density at radius 2 is 2.14 bits per heavy atom. The van der Waals surface area contributed by atoms with Crippen molar-refractivity contribution >= 4 is 21.7 Å². The number of benzene rings is 1. The summed E-state index contributed by atoms with van der Waals surface area (Å²) in [4.78, 5) is 0. The van der Waals surface area contributed by atoms with Crippen LogP contribution >= 0.6 is 15.9 Å². The third-order valence-corrected chi connectivity index (χ3v) is 2.95. The molecule has 0 fully saturated rings. The number of nitrogens with zero attached hydrogens (tertiary/aromatic N) is 2. The molecule has 14 heavy (non-hydrogen) atoms. The number of halogens is 1. The molecule has 0 amide bonds. The first kappa shape index (κ1) is 9.27. The van der Waals surface area contributed by atoms with Crippen molar-refractivity contribution in [1.29, 1.82) is 0 Å². The molecule has 2 aromatic rings. The van der Waals surface area contributed by atoms with E-state index in [2.05, 4.69) is 21.0 Å². The average Bonchev–Trinajstić information content (AvgIpc) is 2.57. The summed E-state index contributed by atoms with van der Waals surface area (Å²) in [5, 5.41) is 4.16. The molecule has 0 unspecified atom stereocenters. The van der Waals surface area contributed by atoms with Gasteiger partial charge in [0.05, 0.1) is 5.69 Å². The molecule has 4 heteroatoms. The maximum atomic E-state index is 5.56. The number of hydrogen-bond acceptors (Lipinski definition) is 2. The van der Waals surface area contributed by atoms with Crippen LogP contribution in [0.4, 0.5) is 5.82 Å². The van der Waals surface area contributed by atoms with E-state index < -0.39 is 0 Å². The van der Waals surface area contributed by atoms with E-state index in [0.717, 1.165) is 15.7 Å². The molecule has 2 rings (SSSR count). The van der Waals surface area contributed by atoms with Crippen LogP contribution in [0.15, 0.2) is 34.9 Å². The zero-order chi connectivity index (χ0) is 10.1. The minimum atomic E-state index is 0.532. The van der Waals surface area contributed by atoms with Crippen LogP contribution < -0.4 is 5.73 Å². The first-order valence-electron chi connectivity index (χ1n) is 4.25. The lowest BCUT2D eigenvalue weighted by Crippen LogP contribution is -1.98. The standard InChI is InChI=1S/C10H10BrN3/c1-7-8(11)3-2-4-9(7)14-6-5-10(12)13-14/h2-6H,1H3,(H2,12,13). The highest BCUT2D eigenvalue weighted by molar-refractivity contribution is 9.10. The van der Waals surface area contributed by atoms with E-state index >= 15 is 0 Å². The molecular formula is C10H10BrN3. The maximum absolute atomic E-state index is 5.56. The molecule has 1 aromatic heterocycles. The van der Waals surface area contributed by atoms with Gasteiger partial charge >= 0.3 is 0 Å². The number of anilines is 1. The zero-order valence-electron chi connectivity index (χ0n) is 7.74. The Balaban J connectivity index is 2.57. The van der Waals surface area contributed by atoms with E-state index in [4.69, 9.17) is 5.73 Å². The molecule has 1 aromatic carbocycles. The lowest BCUT2D eigenvalue weighted by Gasteiger charge is -2.06. The van der Waals surface area contributed by atoms with E-state index in [-0.39, 0.29) is 0 Å². The van der Waals surface area contributed by atoms with Gasteiger partial charge in [-0.15, -0.1) is 0 Å². The molecule has 3 nitrogen and oxygen atoms in total. The Kier molecular flexibility index (Phi) is 2.29. The summed E-state index contributed by atoms with van der Waals surface area (Å²) in [5.74, 6) is 0.532. The summed E-state index contributed by atoms with van der Waals surface area (Å²) < 4.78 is 2.85. The molecule has 0 aliphatic rings. The summed E-state index contributed by atoms with van der Waals surface area (Å²) >= 11 is 3.48. The fraction of sp³-hybridized carbons (Fsp3) is 0.100. The monoisotopic (exact) mass is 251 g/mol. The highest BCUT2D eigenvalue weighted by atomic mass is 79.9. The van der Waals surface area contributed by atoms with Gasteiger partial charge in [-0.25, -0.2) is 4.68 Å². The molecule has 0 atom stereocenters. The van der Waals surface area contributed by atoms with E-state index in [1.807, 2.05) is 31.3 Å². The van der Waals surface area contributed by atoms with Gasteiger partial charge < -0.3 is 5.73 Å². The topological polar surface area (TPSA) is 43.8 Å². The second-order valence-corrected chi connectivity index (χ2v) is 3.92. The average molecular weight is 252 g/mol. The minimum Gasteiger partial charge on any atom is -0.382 e. The summed E-state index contributed by atoms with van der Waals surface area (Å²) in [6.07, 6.45) is 1.85. The predicted octanol–water partition coefficient (Wildman–Crippen LogP) is 2.53. The number of aromatic nitrogens is 2. The normalized spacial score (nSPS) is 10.4. The highest BCUT2D eigenvalue weighted by Gasteiger charge is 2.04. The summed E-state index contributed by atoms with van der Waals surface area (Å²) in [6, 6.07) is 7.77. The number of nitrogen functional groups attached to an aromatic ring is 1. The van der Waals surface area contributed by atoms with Gasteiger partial charge in [0.1, 0.15) is 5.82 Å². The Morgan fingerprint density at radius 1 is 1.36 bits per heavy atom. The van der Waals surface area contributed by atoms with Gasteiger partial charge in [0.25, 0.3) is 0 Å². The summed E-state index contributed by atoms with van der Waals surface area (Å²) in [7, 11) is 0. The fourth-order valence-electron chi connectivity index (χ4n) is 1.32. The lowest BCUT2D eigenvalue weighted by molar-refractivity contribution is 0.877. The number of hydrogen-bond donors (Lipinski definition) is 1. The molecule has 72 valence electrons. The van der Waals surface area contributed by atoms with Gasteiger partial charge in [0.15, 0.2) is 0 Å². The van der Waals surface area contributed by atoms with Gasteiger partial charge in [0.2, 0.25) is 0 Å². The van der Waals surface area contributed by atoms with Gasteiger partial charge in [-0.3, -0.25) is 0 Å². The van der Waals surface area contributed by atoms with Crippen LogP contribution in [0, 0.1) is 6.92 Å². The highest BCUT2D eigenvalue weighted by Crippen LogP contribution is 2.22. The Morgan fingerprint density at radius 3 is 2.79 bits per heavy atom. The number of rotatable bonds is 1. The molecule has 0 saturated heterocycles. The fourth-order valence-corrected chi connectivity index (χ4v) is 1.67. The van der Waals surface area contributed by atoms with Crippen molar-refractivity contribution in [1.82, 2.24) is 9.78 Å². The van der Waals surface area contributed by atoms with Crippen LogP contribution in [0.25, 0.3) is 5.69 Å². The quantitative estimate of drug-likeness (QED) is 0.847. The lowest BCUT2D eigenvalue weighted by atomic mass is 10.2. The second-order valence-electron chi connectivity index (χ2n) is 3.07. The molecule has 0 saturated carbocycles. The van der Waals surface area contributed by atoms with Crippen LogP contribution in [0.1, 0.15) is 5.56 Å². The minimum absolute atomic E-state index is 0.532. The molecule has 0 aliphatic carbocycles. The van der Waals surface area contributed by atoms with Crippen molar-refractivity contribution in [2.24, 2.45) is 0 Å². The predicted molar refractivity (Wildman–Crippen MR) is 60.4 cm³/mol. The SMILES string of the molecule is Cc1c(Br)cccc1-n1ccc(N)n1. The third kappa shape index (κ3) is 1.53. The van der Waals surface area contributed by atoms with E-state index in [1.54, 1.807) is 10.7 Å². The largest absolute Gasteiger partial charge is 0.382 e. The smallest absolute Gasteiger partial charge is 0.145 e. The van der Waals surface area contributed by atoms with E-state index in [0.29, 0.717) is 5.82 Å². The molecular weight excluding hydrogens is 242 g/mol. The van der Waals surface area contributed by atoms with Crippen LogP contribution in [-0.4, -0.2) is 9.78 Å². The van der Waals surface area contributed by atoms with Gasteiger partial charge in [-0.05, 0) is 24.6 Å². The summed E-state index contributed by atoms with van der Waals surface area (Å²) in [6.45, 7) is 2.04. The van der Waals surface area contributed by atoms with Crippen LogP contribution in [0.5, 0.6) is 0 Å². The van der Waals surface area contributed by atoms with Crippen molar-refractivity contribution in [2.75, 3.05) is 5.73 Å². The van der Waals surface area contributed by atoms with Crippen molar-refractivity contribution < 1.29 is 0 Å². The van der Waals surface area contributed by atoms with Crippen molar-refractivity contribution in [3.8, 4) is 5.69 Å². The maximum Gasteiger partial charge on any atom is 0.145 e. The Labute approximate surface area is 90.7 Å². The first-order valence-corrected chi connectivity index (χ1v) is 5.04. The van der Waals surface area contributed by atoms with E-state index in [1.165, 1.54) is 0 Å². The molecule has 1 heterocycles. The van der Waals surface area contributed by atoms with Crippen LogP contribution in [-0.2, 0) is 0 Å². The molecule has 0 radical (unpaired) electrons. The molecule has 0 spiro atoms.